The molecule has 4 aliphatic carbocycles. The number of carbonyl (C=O) groups is 1. The van der Waals surface area contributed by atoms with Crippen LogP contribution < -0.4 is 10.0 Å². The third-order valence-corrected chi connectivity index (χ3v) is 7.03. The fourth-order valence-corrected chi connectivity index (χ4v) is 6.54. The number of hydrogen-bond acceptors (Lipinski definition) is 4. The maximum absolute atomic E-state index is 12.9. The number of nitrogens with one attached hydrogen (secondary N) is 2. The van der Waals surface area contributed by atoms with Gasteiger partial charge in [0.2, 0.25) is 10.0 Å². The summed E-state index contributed by atoms with van der Waals surface area (Å²) in [5, 5.41) is 3.71. The molecule has 0 saturated heterocycles. The van der Waals surface area contributed by atoms with Gasteiger partial charge in [0.05, 0.1) is 12.3 Å². The van der Waals surface area contributed by atoms with Crippen molar-refractivity contribution in [2.45, 2.75) is 57.0 Å². The first-order valence-electron chi connectivity index (χ1n) is 9.61. The zero-order valence-corrected chi connectivity index (χ0v) is 16.3. The molecule has 5 rings (SSSR count). The van der Waals surface area contributed by atoms with Crippen molar-refractivity contribution < 1.29 is 13.2 Å². The van der Waals surface area contributed by atoms with Gasteiger partial charge < -0.3 is 5.32 Å². The highest BCUT2D eigenvalue weighted by molar-refractivity contribution is 7.92. The average Bonchev–Trinajstić information content (AvgIpc) is 2.51. The highest BCUT2D eigenvalue weighted by atomic mass is 32.2. The lowest BCUT2D eigenvalue weighted by Gasteiger charge is -2.57. The Balaban J connectivity index is 1.43. The normalized spacial score (nSPS) is 33.8. The van der Waals surface area contributed by atoms with E-state index in [1.54, 1.807) is 24.3 Å². The second-order valence-electron chi connectivity index (χ2n) is 8.88. The van der Waals surface area contributed by atoms with Gasteiger partial charge in [0.25, 0.3) is 0 Å². The summed E-state index contributed by atoms with van der Waals surface area (Å²) >= 11 is 0. The van der Waals surface area contributed by atoms with Gasteiger partial charge in [-0.3, -0.25) is 9.52 Å². The Bertz CT molecular complexity index is 766. The minimum absolute atomic E-state index is 0.0756. The van der Waals surface area contributed by atoms with Gasteiger partial charge in [-0.25, -0.2) is 8.42 Å². The monoisotopic (exact) mass is 376 g/mol. The number of ketones is 1. The van der Waals surface area contributed by atoms with Crippen molar-refractivity contribution in [1.29, 1.82) is 0 Å². The molecule has 26 heavy (non-hydrogen) atoms. The van der Waals surface area contributed by atoms with Gasteiger partial charge in [-0.1, -0.05) is 0 Å². The van der Waals surface area contributed by atoms with Crippen LogP contribution in [0.2, 0.25) is 0 Å². The lowest BCUT2D eigenvalue weighted by molar-refractivity contribution is -0.0231. The Labute approximate surface area is 156 Å². The number of Topliss-reactive ketones (excluding diaryl/α,β-unsaturated/α-hetero) is 1. The molecule has 1 atom stereocenters. The Morgan fingerprint density at radius 3 is 2.00 bits per heavy atom. The van der Waals surface area contributed by atoms with E-state index in [0.717, 1.165) is 24.0 Å². The lowest BCUT2D eigenvalue weighted by atomic mass is 9.53. The molecule has 0 aliphatic heterocycles. The van der Waals surface area contributed by atoms with Crippen molar-refractivity contribution in [1.82, 2.24) is 5.32 Å². The summed E-state index contributed by atoms with van der Waals surface area (Å²) in [4.78, 5) is 12.9. The molecule has 0 heterocycles. The summed E-state index contributed by atoms with van der Waals surface area (Å²) in [6.45, 7) is 1.96. The molecule has 2 N–H and O–H groups in total. The van der Waals surface area contributed by atoms with Gasteiger partial charge in [0.1, 0.15) is 0 Å². The fourth-order valence-electron chi connectivity index (χ4n) is 5.98. The lowest BCUT2D eigenvalue weighted by Crippen LogP contribution is -2.61. The number of benzene rings is 1. The molecule has 5 nitrogen and oxygen atoms in total. The first-order valence-corrected chi connectivity index (χ1v) is 11.5. The van der Waals surface area contributed by atoms with E-state index in [1.165, 1.54) is 38.5 Å². The minimum atomic E-state index is -3.30. The van der Waals surface area contributed by atoms with Crippen molar-refractivity contribution in [3.8, 4) is 0 Å². The largest absolute Gasteiger partial charge is 0.302 e. The van der Waals surface area contributed by atoms with Gasteiger partial charge in [-0.2, -0.15) is 0 Å². The van der Waals surface area contributed by atoms with Crippen molar-refractivity contribution >= 4 is 21.5 Å². The number of sulfonamides is 1. The van der Waals surface area contributed by atoms with E-state index in [4.69, 9.17) is 0 Å². The number of hydrogen-bond donors (Lipinski definition) is 2. The molecular formula is C20H28N2O3S. The molecular weight excluding hydrogens is 348 g/mol. The SMILES string of the molecule is C[C@H](NC12CC3CC(CC(C3)C1)C2)C(=O)c1ccc(NS(C)(=O)=O)cc1. The van der Waals surface area contributed by atoms with Gasteiger partial charge in [0, 0.05) is 16.8 Å². The first kappa shape index (κ1) is 18.0. The average molecular weight is 377 g/mol. The van der Waals surface area contributed by atoms with E-state index in [9.17, 15) is 13.2 Å². The number of rotatable bonds is 6. The van der Waals surface area contributed by atoms with Gasteiger partial charge >= 0.3 is 0 Å². The van der Waals surface area contributed by atoms with E-state index in [1.807, 2.05) is 6.92 Å². The van der Waals surface area contributed by atoms with Crippen LogP contribution in [-0.4, -0.2) is 32.0 Å². The highest BCUT2D eigenvalue weighted by Gasteiger charge is 2.51. The predicted octanol–water partition coefficient (Wildman–Crippen LogP) is 3.19. The van der Waals surface area contributed by atoms with Crippen LogP contribution in [0, 0.1) is 17.8 Å². The molecule has 0 radical (unpaired) electrons. The summed E-state index contributed by atoms with van der Waals surface area (Å²) in [6.07, 6.45) is 8.92. The molecule has 1 aromatic carbocycles. The summed E-state index contributed by atoms with van der Waals surface area (Å²) in [5.74, 6) is 2.61. The molecule has 4 bridgehead atoms. The maximum atomic E-state index is 12.9. The molecule has 0 spiro atoms. The predicted molar refractivity (Wildman–Crippen MR) is 103 cm³/mol. The van der Waals surface area contributed by atoms with Crippen LogP contribution in [0.5, 0.6) is 0 Å². The van der Waals surface area contributed by atoms with Crippen LogP contribution >= 0.6 is 0 Å². The Morgan fingerprint density at radius 1 is 1.04 bits per heavy atom. The molecule has 4 fully saturated rings. The topological polar surface area (TPSA) is 75.3 Å². The van der Waals surface area contributed by atoms with E-state index >= 15 is 0 Å². The Kier molecular flexibility index (Phi) is 4.39. The van der Waals surface area contributed by atoms with Crippen LogP contribution in [-0.2, 0) is 10.0 Å². The van der Waals surface area contributed by atoms with Crippen molar-refractivity contribution in [3.05, 3.63) is 29.8 Å². The Morgan fingerprint density at radius 2 is 1.54 bits per heavy atom. The minimum Gasteiger partial charge on any atom is -0.302 e. The third-order valence-electron chi connectivity index (χ3n) is 6.43. The molecule has 0 aromatic heterocycles. The highest BCUT2D eigenvalue weighted by Crippen LogP contribution is 2.55. The smallest absolute Gasteiger partial charge is 0.229 e. The van der Waals surface area contributed by atoms with Crippen molar-refractivity contribution in [3.63, 3.8) is 0 Å². The van der Waals surface area contributed by atoms with E-state index in [-0.39, 0.29) is 17.4 Å². The van der Waals surface area contributed by atoms with Crippen molar-refractivity contribution in [2.24, 2.45) is 17.8 Å². The van der Waals surface area contributed by atoms with Crippen LogP contribution in [0.4, 0.5) is 5.69 Å². The summed E-state index contributed by atoms with van der Waals surface area (Å²) in [6, 6.07) is 6.47. The second kappa shape index (κ2) is 6.34. The quantitative estimate of drug-likeness (QED) is 0.748. The van der Waals surface area contributed by atoms with Crippen LogP contribution in [0.15, 0.2) is 24.3 Å². The first-order chi connectivity index (χ1) is 12.2. The maximum Gasteiger partial charge on any atom is 0.229 e. The van der Waals surface area contributed by atoms with Crippen LogP contribution in [0.25, 0.3) is 0 Å². The van der Waals surface area contributed by atoms with E-state index < -0.39 is 10.0 Å². The molecule has 0 amide bonds. The third kappa shape index (κ3) is 3.67. The molecule has 1 aromatic rings. The molecule has 0 unspecified atom stereocenters. The molecule has 6 heteroatoms. The zero-order chi connectivity index (χ0) is 18.5. The zero-order valence-electron chi connectivity index (χ0n) is 15.5. The van der Waals surface area contributed by atoms with E-state index in [2.05, 4.69) is 10.0 Å². The Hall–Kier alpha value is -1.40. The summed E-state index contributed by atoms with van der Waals surface area (Å²) < 4.78 is 25.0. The molecule has 4 aliphatic rings. The van der Waals surface area contributed by atoms with Crippen LogP contribution in [0.3, 0.4) is 0 Å². The van der Waals surface area contributed by atoms with Gasteiger partial charge in [-0.05, 0) is 87.5 Å². The second-order valence-corrected chi connectivity index (χ2v) is 10.6. The summed E-state index contributed by atoms with van der Waals surface area (Å²) in [7, 11) is -3.30. The summed E-state index contributed by atoms with van der Waals surface area (Å²) in [5.41, 5.74) is 1.25. The molecule has 142 valence electrons. The van der Waals surface area contributed by atoms with Crippen molar-refractivity contribution in [2.75, 3.05) is 11.0 Å². The van der Waals surface area contributed by atoms with Gasteiger partial charge in [0.15, 0.2) is 5.78 Å². The molecule has 4 saturated carbocycles. The van der Waals surface area contributed by atoms with E-state index in [0.29, 0.717) is 11.3 Å². The van der Waals surface area contributed by atoms with Crippen LogP contribution in [0.1, 0.15) is 55.8 Å². The number of anilines is 1. The fraction of sp³-hybridized carbons (Fsp3) is 0.650. The standard InChI is InChI=1S/C20H28N2O3S/c1-13(19(23)17-3-5-18(6-4-17)22-26(2,24)25)21-20-10-14-7-15(11-20)9-16(8-14)12-20/h3-6,13-16,21-22H,7-12H2,1-2H3/t13-,14?,15?,16?,20?/m0/s1. The van der Waals surface area contributed by atoms with Gasteiger partial charge in [-0.15, -0.1) is 0 Å². The number of carbonyl (C=O) groups excluding carboxylic acids is 1.